The van der Waals surface area contributed by atoms with E-state index in [1.54, 1.807) is 0 Å². The maximum Gasteiger partial charge on any atom is 0.389 e. The molecule has 0 heterocycles. The molecule has 0 rings (SSSR count). The van der Waals surface area contributed by atoms with Crippen LogP contribution < -0.4 is 5.32 Å². The number of alkyl halides is 3. The Labute approximate surface area is 88.9 Å². The van der Waals surface area contributed by atoms with Gasteiger partial charge in [0.15, 0.2) is 0 Å². The van der Waals surface area contributed by atoms with Crippen LogP contribution in [0.3, 0.4) is 0 Å². The maximum atomic E-state index is 11.9. The molecule has 0 aromatic rings. The monoisotopic (exact) mass is 227 g/mol. The van der Waals surface area contributed by atoms with E-state index >= 15 is 0 Å². The Balaban J connectivity index is 3.98. The number of halogens is 3. The Morgan fingerprint density at radius 2 is 1.47 bits per heavy atom. The van der Waals surface area contributed by atoms with Gasteiger partial charge >= 0.3 is 6.18 Å². The third kappa shape index (κ3) is 10.0. The fourth-order valence-electron chi connectivity index (χ4n) is 0.955. The van der Waals surface area contributed by atoms with E-state index in [-0.39, 0.29) is 18.5 Å². The van der Waals surface area contributed by atoms with Crippen molar-refractivity contribution >= 4 is 0 Å². The molecule has 15 heavy (non-hydrogen) atoms. The molecule has 0 aliphatic carbocycles. The van der Waals surface area contributed by atoms with E-state index in [0.717, 1.165) is 0 Å². The molecule has 0 fully saturated rings. The van der Waals surface area contributed by atoms with Crippen LogP contribution in [0.15, 0.2) is 0 Å². The zero-order valence-corrected chi connectivity index (χ0v) is 9.70. The first-order valence-corrected chi connectivity index (χ1v) is 4.95. The van der Waals surface area contributed by atoms with Crippen LogP contribution in [-0.2, 0) is 0 Å². The second kappa shape index (κ2) is 4.70. The third-order valence-corrected chi connectivity index (χ3v) is 1.95. The maximum absolute atomic E-state index is 11.9. The number of β-amino-alcohol motifs (C(OH)–C–C–N with tert-alkyl or cyclic N) is 1. The number of hydrogen-bond acceptors (Lipinski definition) is 2. The van der Waals surface area contributed by atoms with Crippen LogP contribution in [0.1, 0.15) is 40.5 Å². The average molecular weight is 227 g/mol. The molecular formula is C10H20F3NO. The van der Waals surface area contributed by atoms with Crippen LogP contribution in [0.4, 0.5) is 13.2 Å². The first-order valence-electron chi connectivity index (χ1n) is 4.95. The molecule has 0 aliphatic rings. The molecule has 0 spiro atoms. The SMILES string of the molecule is CC(O)(CCC(F)(F)F)CNC(C)(C)C. The standard InChI is InChI=1S/C10H20F3NO/c1-8(2,3)14-7-9(4,15)5-6-10(11,12)13/h14-15H,5-7H2,1-4H3. The summed E-state index contributed by atoms with van der Waals surface area (Å²) in [6.45, 7) is 7.26. The van der Waals surface area contributed by atoms with Gasteiger partial charge in [0.25, 0.3) is 0 Å². The quantitative estimate of drug-likeness (QED) is 0.773. The summed E-state index contributed by atoms with van der Waals surface area (Å²) < 4.78 is 35.8. The predicted octanol–water partition coefficient (Wildman–Crippen LogP) is 2.47. The molecule has 1 atom stereocenters. The zero-order chi connectivity index (χ0) is 12.3. The second-order valence-electron chi connectivity index (χ2n) is 5.22. The fourth-order valence-corrected chi connectivity index (χ4v) is 0.955. The molecule has 0 radical (unpaired) electrons. The van der Waals surface area contributed by atoms with Crippen LogP contribution in [0, 0.1) is 0 Å². The highest BCUT2D eigenvalue weighted by Crippen LogP contribution is 2.25. The molecule has 2 N–H and O–H groups in total. The minimum atomic E-state index is -4.20. The van der Waals surface area contributed by atoms with Gasteiger partial charge in [-0.15, -0.1) is 0 Å². The van der Waals surface area contributed by atoms with Gasteiger partial charge in [-0.05, 0) is 34.1 Å². The summed E-state index contributed by atoms with van der Waals surface area (Å²) >= 11 is 0. The molecule has 0 aromatic carbocycles. The molecule has 0 amide bonds. The molecule has 1 unspecified atom stereocenters. The van der Waals surface area contributed by atoms with Crippen molar-refractivity contribution in [2.24, 2.45) is 0 Å². The Morgan fingerprint density at radius 1 is 1.00 bits per heavy atom. The lowest BCUT2D eigenvalue weighted by Gasteiger charge is -2.29. The number of hydrogen-bond donors (Lipinski definition) is 2. The summed E-state index contributed by atoms with van der Waals surface area (Å²) in [6.07, 6.45) is -5.43. The van der Waals surface area contributed by atoms with E-state index in [9.17, 15) is 18.3 Å². The number of aliphatic hydroxyl groups is 1. The molecule has 0 aliphatic heterocycles. The van der Waals surface area contributed by atoms with Crippen LogP contribution in [0.5, 0.6) is 0 Å². The van der Waals surface area contributed by atoms with Crippen molar-refractivity contribution < 1.29 is 18.3 Å². The summed E-state index contributed by atoms with van der Waals surface area (Å²) in [7, 11) is 0. The molecular weight excluding hydrogens is 207 g/mol. The van der Waals surface area contributed by atoms with Crippen molar-refractivity contribution in [1.82, 2.24) is 5.32 Å². The largest absolute Gasteiger partial charge is 0.389 e. The fraction of sp³-hybridized carbons (Fsp3) is 1.00. The molecule has 2 nitrogen and oxygen atoms in total. The minimum Gasteiger partial charge on any atom is -0.389 e. The molecule has 5 heteroatoms. The van der Waals surface area contributed by atoms with Gasteiger partial charge < -0.3 is 10.4 Å². The summed E-state index contributed by atoms with van der Waals surface area (Å²) in [4.78, 5) is 0. The van der Waals surface area contributed by atoms with E-state index in [1.807, 2.05) is 20.8 Å². The van der Waals surface area contributed by atoms with Crippen molar-refractivity contribution in [1.29, 1.82) is 0 Å². The van der Waals surface area contributed by atoms with E-state index in [2.05, 4.69) is 5.32 Å². The van der Waals surface area contributed by atoms with Crippen LogP contribution in [-0.4, -0.2) is 29.0 Å². The van der Waals surface area contributed by atoms with Crippen molar-refractivity contribution in [2.75, 3.05) is 6.54 Å². The minimum absolute atomic E-state index is 0.159. The topological polar surface area (TPSA) is 32.3 Å². The third-order valence-electron chi connectivity index (χ3n) is 1.95. The molecule has 0 saturated carbocycles. The molecule has 0 bridgehead atoms. The van der Waals surface area contributed by atoms with Gasteiger partial charge in [-0.2, -0.15) is 13.2 Å². The average Bonchev–Trinajstić information content (AvgIpc) is 1.96. The van der Waals surface area contributed by atoms with E-state index in [4.69, 9.17) is 0 Å². The molecule has 0 aromatic heterocycles. The van der Waals surface area contributed by atoms with Gasteiger partial charge in [0, 0.05) is 18.5 Å². The van der Waals surface area contributed by atoms with Gasteiger partial charge in [-0.3, -0.25) is 0 Å². The van der Waals surface area contributed by atoms with E-state index in [1.165, 1.54) is 6.92 Å². The first kappa shape index (κ1) is 14.7. The lowest BCUT2D eigenvalue weighted by Crippen LogP contribution is -2.46. The van der Waals surface area contributed by atoms with Crippen LogP contribution >= 0.6 is 0 Å². The summed E-state index contributed by atoms with van der Waals surface area (Å²) in [5, 5.41) is 12.7. The highest BCUT2D eigenvalue weighted by Gasteiger charge is 2.32. The Bertz CT molecular complexity index is 174. The van der Waals surface area contributed by atoms with Gasteiger partial charge in [0.1, 0.15) is 0 Å². The molecule has 0 saturated heterocycles. The van der Waals surface area contributed by atoms with Crippen LogP contribution in [0.25, 0.3) is 0 Å². The van der Waals surface area contributed by atoms with Gasteiger partial charge in [-0.1, -0.05) is 0 Å². The van der Waals surface area contributed by atoms with Crippen molar-refractivity contribution in [3.8, 4) is 0 Å². The van der Waals surface area contributed by atoms with E-state index in [0.29, 0.717) is 0 Å². The van der Waals surface area contributed by atoms with Gasteiger partial charge in [-0.25, -0.2) is 0 Å². The van der Waals surface area contributed by atoms with Gasteiger partial charge in [0.05, 0.1) is 5.60 Å². The zero-order valence-electron chi connectivity index (χ0n) is 9.70. The highest BCUT2D eigenvalue weighted by atomic mass is 19.4. The summed E-state index contributed by atoms with van der Waals surface area (Å²) in [5.41, 5.74) is -1.52. The highest BCUT2D eigenvalue weighted by molar-refractivity contribution is 4.81. The second-order valence-corrected chi connectivity index (χ2v) is 5.22. The Hall–Kier alpha value is -0.290. The normalized spacial score (nSPS) is 17.6. The van der Waals surface area contributed by atoms with Crippen molar-refractivity contribution in [3.63, 3.8) is 0 Å². The summed E-state index contributed by atoms with van der Waals surface area (Å²) in [5.74, 6) is 0. The Kier molecular flexibility index (Phi) is 4.61. The first-order chi connectivity index (χ1) is 6.41. The van der Waals surface area contributed by atoms with Gasteiger partial charge in [0.2, 0.25) is 0 Å². The van der Waals surface area contributed by atoms with Crippen molar-refractivity contribution in [3.05, 3.63) is 0 Å². The summed E-state index contributed by atoms with van der Waals surface area (Å²) in [6, 6.07) is 0. The van der Waals surface area contributed by atoms with E-state index < -0.39 is 18.2 Å². The number of rotatable bonds is 4. The molecule has 92 valence electrons. The Morgan fingerprint density at radius 3 is 1.80 bits per heavy atom. The lowest BCUT2D eigenvalue weighted by molar-refractivity contribution is -0.145. The number of nitrogens with one attached hydrogen (secondary N) is 1. The van der Waals surface area contributed by atoms with Crippen LogP contribution in [0.2, 0.25) is 0 Å². The predicted molar refractivity (Wildman–Crippen MR) is 53.7 cm³/mol. The lowest BCUT2D eigenvalue weighted by atomic mass is 9.98. The smallest absolute Gasteiger partial charge is 0.389 e. The van der Waals surface area contributed by atoms with Crippen molar-refractivity contribution in [2.45, 2.75) is 57.9 Å².